The molecule has 0 atom stereocenters. The quantitative estimate of drug-likeness (QED) is 0.564. The highest BCUT2D eigenvalue weighted by molar-refractivity contribution is 6.30. The number of pyridine rings is 2. The van der Waals surface area contributed by atoms with Gasteiger partial charge in [0.05, 0.1) is 18.8 Å². The number of aromatic nitrogens is 2. The zero-order valence-electron chi connectivity index (χ0n) is 8.82. The van der Waals surface area contributed by atoms with E-state index in [1.165, 1.54) is 13.3 Å². The summed E-state index contributed by atoms with van der Waals surface area (Å²) in [6.45, 7) is 1.85. The van der Waals surface area contributed by atoms with Gasteiger partial charge in [0.15, 0.2) is 0 Å². The molecule has 0 saturated carbocycles. The van der Waals surface area contributed by atoms with Gasteiger partial charge in [0.2, 0.25) is 0 Å². The van der Waals surface area contributed by atoms with Crippen molar-refractivity contribution < 1.29 is 9.53 Å². The van der Waals surface area contributed by atoms with Crippen LogP contribution in [-0.4, -0.2) is 23.0 Å². The molecule has 0 aliphatic carbocycles. The molecular weight excluding hydrogens is 228 g/mol. The van der Waals surface area contributed by atoms with E-state index < -0.39 is 5.97 Å². The Balaban J connectivity index is 2.62. The van der Waals surface area contributed by atoms with Gasteiger partial charge >= 0.3 is 5.97 Å². The first-order chi connectivity index (χ1) is 7.61. The molecule has 0 bridgehead atoms. The molecule has 2 aromatic heterocycles. The van der Waals surface area contributed by atoms with Gasteiger partial charge in [-0.25, -0.2) is 14.8 Å². The number of aryl methyl sites for hydroxylation is 1. The Morgan fingerprint density at radius 1 is 1.44 bits per heavy atom. The molecule has 0 radical (unpaired) electrons. The van der Waals surface area contributed by atoms with Gasteiger partial charge in [-0.2, -0.15) is 0 Å². The fourth-order valence-corrected chi connectivity index (χ4v) is 1.52. The number of ether oxygens (including phenoxy) is 1. The van der Waals surface area contributed by atoms with E-state index in [1.807, 2.05) is 13.0 Å². The Kier molecular flexibility index (Phi) is 2.75. The summed E-state index contributed by atoms with van der Waals surface area (Å²) in [5.41, 5.74) is 1.78. The smallest absolute Gasteiger partial charge is 0.356 e. The van der Waals surface area contributed by atoms with Crippen molar-refractivity contribution in [3.8, 4) is 0 Å². The second-order valence-electron chi connectivity index (χ2n) is 3.35. The molecule has 82 valence electrons. The van der Waals surface area contributed by atoms with Gasteiger partial charge in [-0.15, -0.1) is 0 Å². The standard InChI is InChI=1S/C11H9ClN2O2/c1-6-3-7-4-8(11(15)16-2)13-5-9(7)14-10(6)12/h3-5H,1-2H3. The highest BCUT2D eigenvalue weighted by Crippen LogP contribution is 2.19. The minimum Gasteiger partial charge on any atom is -0.464 e. The predicted molar refractivity (Wildman–Crippen MR) is 60.6 cm³/mol. The molecule has 16 heavy (non-hydrogen) atoms. The number of rotatable bonds is 1. The van der Waals surface area contributed by atoms with Crippen LogP contribution in [0.4, 0.5) is 0 Å². The first kappa shape index (κ1) is 10.8. The van der Waals surface area contributed by atoms with Crippen LogP contribution in [0.15, 0.2) is 18.3 Å². The Bertz CT molecular complexity index is 569. The van der Waals surface area contributed by atoms with Crippen molar-refractivity contribution in [3.05, 3.63) is 34.7 Å². The van der Waals surface area contributed by atoms with Crippen LogP contribution in [0.3, 0.4) is 0 Å². The lowest BCUT2D eigenvalue weighted by Crippen LogP contribution is -2.04. The summed E-state index contributed by atoms with van der Waals surface area (Å²) >= 11 is 5.89. The fourth-order valence-electron chi connectivity index (χ4n) is 1.38. The van der Waals surface area contributed by atoms with Crippen molar-refractivity contribution in [1.29, 1.82) is 0 Å². The van der Waals surface area contributed by atoms with Crippen molar-refractivity contribution in [3.63, 3.8) is 0 Å². The van der Waals surface area contributed by atoms with Gasteiger partial charge in [0.1, 0.15) is 10.8 Å². The molecule has 0 amide bonds. The van der Waals surface area contributed by atoms with Gasteiger partial charge in [-0.05, 0) is 24.6 Å². The molecule has 2 heterocycles. The zero-order chi connectivity index (χ0) is 11.7. The molecule has 0 unspecified atom stereocenters. The number of carbonyl (C=O) groups excluding carboxylic acids is 1. The number of halogens is 1. The molecule has 0 aromatic carbocycles. The minimum atomic E-state index is -0.463. The fraction of sp³-hybridized carbons (Fsp3) is 0.182. The van der Waals surface area contributed by atoms with E-state index >= 15 is 0 Å². The van der Waals surface area contributed by atoms with Crippen molar-refractivity contribution in [2.75, 3.05) is 7.11 Å². The number of hydrogen-bond acceptors (Lipinski definition) is 4. The topological polar surface area (TPSA) is 52.1 Å². The van der Waals surface area contributed by atoms with Crippen LogP contribution in [0.25, 0.3) is 10.9 Å². The number of nitrogens with zero attached hydrogens (tertiary/aromatic N) is 2. The second-order valence-corrected chi connectivity index (χ2v) is 3.71. The molecule has 0 fully saturated rings. The molecule has 4 nitrogen and oxygen atoms in total. The number of carbonyl (C=O) groups is 1. The van der Waals surface area contributed by atoms with Crippen LogP contribution in [0.5, 0.6) is 0 Å². The maximum absolute atomic E-state index is 11.3. The summed E-state index contributed by atoms with van der Waals surface area (Å²) in [6.07, 6.45) is 1.51. The molecule has 0 saturated heterocycles. The highest BCUT2D eigenvalue weighted by Gasteiger charge is 2.09. The molecular formula is C11H9ClN2O2. The maximum atomic E-state index is 11.3. The average molecular weight is 237 g/mol. The van der Waals surface area contributed by atoms with Gasteiger partial charge in [0, 0.05) is 5.39 Å². The van der Waals surface area contributed by atoms with Crippen molar-refractivity contribution >= 4 is 28.5 Å². The van der Waals surface area contributed by atoms with Crippen LogP contribution in [0.1, 0.15) is 16.1 Å². The molecule has 0 aliphatic rings. The Labute approximate surface area is 97.2 Å². The van der Waals surface area contributed by atoms with Gasteiger partial charge in [0.25, 0.3) is 0 Å². The highest BCUT2D eigenvalue weighted by atomic mass is 35.5. The minimum absolute atomic E-state index is 0.263. The number of methoxy groups -OCH3 is 1. The van der Waals surface area contributed by atoms with Gasteiger partial charge in [-0.3, -0.25) is 0 Å². The molecule has 0 spiro atoms. The van der Waals surface area contributed by atoms with Crippen LogP contribution >= 0.6 is 11.6 Å². The SMILES string of the molecule is COC(=O)c1cc2cc(C)c(Cl)nc2cn1. The monoisotopic (exact) mass is 236 g/mol. The molecule has 2 rings (SSSR count). The number of fused-ring (bicyclic) bond motifs is 1. The second kappa shape index (κ2) is 4.06. The van der Waals surface area contributed by atoms with Crippen molar-refractivity contribution in [2.45, 2.75) is 6.92 Å². The first-order valence-electron chi connectivity index (χ1n) is 4.63. The summed E-state index contributed by atoms with van der Waals surface area (Å²) in [5.74, 6) is -0.463. The molecule has 5 heteroatoms. The van der Waals surface area contributed by atoms with Gasteiger partial charge < -0.3 is 4.74 Å². The third kappa shape index (κ3) is 1.84. The lowest BCUT2D eigenvalue weighted by atomic mass is 10.2. The largest absolute Gasteiger partial charge is 0.464 e. The average Bonchev–Trinajstić information content (AvgIpc) is 2.29. The normalized spacial score (nSPS) is 10.4. The summed E-state index contributed by atoms with van der Waals surface area (Å²) in [4.78, 5) is 19.4. The van der Waals surface area contributed by atoms with Crippen molar-refractivity contribution in [1.82, 2.24) is 9.97 Å². The third-order valence-corrected chi connectivity index (χ3v) is 2.61. The van der Waals surface area contributed by atoms with Crippen LogP contribution < -0.4 is 0 Å². The summed E-state index contributed by atoms with van der Waals surface area (Å²) in [5, 5.41) is 1.26. The molecule has 2 aromatic rings. The van der Waals surface area contributed by atoms with Gasteiger partial charge in [-0.1, -0.05) is 11.6 Å². The van der Waals surface area contributed by atoms with E-state index in [-0.39, 0.29) is 5.69 Å². The van der Waals surface area contributed by atoms with Crippen LogP contribution in [-0.2, 0) is 4.74 Å². The lowest BCUT2D eigenvalue weighted by molar-refractivity contribution is 0.0594. The van der Waals surface area contributed by atoms with E-state index in [1.54, 1.807) is 6.07 Å². The van der Waals surface area contributed by atoms with Crippen LogP contribution in [0, 0.1) is 6.92 Å². The first-order valence-corrected chi connectivity index (χ1v) is 5.01. The Morgan fingerprint density at radius 3 is 2.88 bits per heavy atom. The zero-order valence-corrected chi connectivity index (χ0v) is 9.58. The number of esters is 1. The number of hydrogen-bond donors (Lipinski definition) is 0. The lowest BCUT2D eigenvalue weighted by Gasteiger charge is -2.03. The van der Waals surface area contributed by atoms with Crippen LogP contribution in [0.2, 0.25) is 5.15 Å². The molecule has 0 aliphatic heterocycles. The van der Waals surface area contributed by atoms with E-state index in [9.17, 15) is 4.79 Å². The third-order valence-electron chi connectivity index (χ3n) is 2.22. The van der Waals surface area contributed by atoms with E-state index in [2.05, 4.69) is 14.7 Å². The van der Waals surface area contributed by atoms with E-state index in [0.29, 0.717) is 10.7 Å². The summed E-state index contributed by atoms with van der Waals surface area (Å²) < 4.78 is 4.59. The molecule has 0 N–H and O–H groups in total. The van der Waals surface area contributed by atoms with E-state index in [0.717, 1.165) is 10.9 Å². The summed E-state index contributed by atoms with van der Waals surface area (Å²) in [7, 11) is 1.32. The van der Waals surface area contributed by atoms with E-state index in [4.69, 9.17) is 11.6 Å². The van der Waals surface area contributed by atoms with Crippen molar-refractivity contribution in [2.24, 2.45) is 0 Å². The predicted octanol–water partition coefficient (Wildman–Crippen LogP) is 2.38. The Hall–Kier alpha value is -1.68. The summed E-state index contributed by atoms with van der Waals surface area (Å²) in [6, 6.07) is 3.50. The maximum Gasteiger partial charge on any atom is 0.356 e. The Morgan fingerprint density at radius 2 is 2.19 bits per heavy atom.